The number of hydrogen-bond acceptors (Lipinski definition) is 7. The highest BCUT2D eigenvalue weighted by atomic mass is 16.7. The Hall–Kier alpha value is -2.45. The van der Waals surface area contributed by atoms with Crippen LogP contribution in [0, 0.1) is 0 Å². The van der Waals surface area contributed by atoms with Crippen LogP contribution < -0.4 is 19.9 Å². The zero-order valence-corrected chi connectivity index (χ0v) is 15.9. The fourth-order valence-corrected chi connectivity index (χ4v) is 2.61. The third kappa shape index (κ3) is 4.39. The van der Waals surface area contributed by atoms with Crippen molar-refractivity contribution in [2.75, 3.05) is 40.3 Å². The Morgan fingerprint density at radius 3 is 2.00 bits per heavy atom. The summed E-state index contributed by atoms with van der Waals surface area (Å²) in [6, 6.07) is 5.45. The monoisotopic (exact) mass is 365 g/mol. The van der Waals surface area contributed by atoms with Crippen molar-refractivity contribution in [3.63, 3.8) is 0 Å². The first-order valence-corrected chi connectivity index (χ1v) is 8.44. The summed E-state index contributed by atoms with van der Waals surface area (Å²) in [5.74, 6) is 2.14. The first-order chi connectivity index (χ1) is 12.6. The quantitative estimate of drug-likeness (QED) is 0.647. The van der Waals surface area contributed by atoms with E-state index in [0.717, 1.165) is 5.56 Å². The Bertz CT molecular complexity index is 686. The first-order valence-electron chi connectivity index (χ1n) is 8.44. The number of nitrogens with two attached hydrogens (primary N) is 1. The lowest BCUT2D eigenvalue weighted by molar-refractivity contribution is -0.144. The SMILES string of the molecule is CCOC(Cn1nc(-c2cc(OC)c(OC)c(OC)c2)cc1N)OCC. The van der Waals surface area contributed by atoms with E-state index >= 15 is 0 Å². The van der Waals surface area contributed by atoms with Gasteiger partial charge in [-0.1, -0.05) is 0 Å². The van der Waals surface area contributed by atoms with Gasteiger partial charge in [-0.3, -0.25) is 0 Å². The van der Waals surface area contributed by atoms with Crippen LogP contribution >= 0.6 is 0 Å². The summed E-state index contributed by atoms with van der Waals surface area (Å²) >= 11 is 0. The van der Waals surface area contributed by atoms with Gasteiger partial charge in [-0.2, -0.15) is 5.10 Å². The van der Waals surface area contributed by atoms with Gasteiger partial charge in [0.1, 0.15) is 5.82 Å². The van der Waals surface area contributed by atoms with Crippen LogP contribution in [-0.4, -0.2) is 50.6 Å². The molecule has 0 saturated heterocycles. The van der Waals surface area contributed by atoms with Crippen molar-refractivity contribution in [1.82, 2.24) is 9.78 Å². The topological polar surface area (TPSA) is 90.0 Å². The van der Waals surface area contributed by atoms with Gasteiger partial charge in [-0.15, -0.1) is 0 Å². The standard InChI is InChI=1S/C18H27N3O5/c1-6-25-17(26-7-2)11-21-16(19)10-13(20-21)12-8-14(22-3)18(24-5)15(9-12)23-4/h8-10,17H,6-7,11,19H2,1-5H3. The lowest BCUT2D eigenvalue weighted by Crippen LogP contribution is -2.25. The Morgan fingerprint density at radius 2 is 1.54 bits per heavy atom. The molecule has 2 rings (SSSR count). The molecular weight excluding hydrogens is 338 g/mol. The Kier molecular flexibility index (Phi) is 7.11. The van der Waals surface area contributed by atoms with Gasteiger partial charge in [0.25, 0.3) is 0 Å². The summed E-state index contributed by atoms with van der Waals surface area (Å²) in [6.07, 6.45) is -0.403. The van der Waals surface area contributed by atoms with Gasteiger partial charge in [-0.25, -0.2) is 4.68 Å². The number of hydrogen-bond donors (Lipinski definition) is 1. The van der Waals surface area contributed by atoms with E-state index in [9.17, 15) is 0 Å². The van der Waals surface area contributed by atoms with Crippen LogP contribution in [0.3, 0.4) is 0 Å². The number of ether oxygens (including phenoxy) is 5. The van der Waals surface area contributed by atoms with E-state index in [4.69, 9.17) is 29.4 Å². The predicted molar refractivity (Wildman–Crippen MR) is 98.8 cm³/mol. The highest BCUT2D eigenvalue weighted by Crippen LogP contribution is 2.41. The Morgan fingerprint density at radius 1 is 0.962 bits per heavy atom. The molecule has 8 nitrogen and oxygen atoms in total. The van der Waals surface area contributed by atoms with E-state index in [0.29, 0.717) is 48.5 Å². The van der Waals surface area contributed by atoms with Gasteiger partial charge < -0.3 is 29.4 Å². The molecule has 0 amide bonds. The lowest BCUT2D eigenvalue weighted by Gasteiger charge is -2.17. The molecule has 0 spiro atoms. The molecule has 0 saturated carbocycles. The molecule has 0 fully saturated rings. The zero-order chi connectivity index (χ0) is 19.1. The molecule has 144 valence electrons. The van der Waals surface area contributed by atoms with Crippen molar-refractivity contribution >= 4 is 5.82 Å². The van der Waals surface area contributed by atoms with Crippen LogP contribution in [-0.2, 0) is 16.0 Å². The summed E-state index contributed by atoms with van der Waals surface area (Å²) in [7, 11) is 4.71. The van der Waals surface area contributed by atoms with E-state index in [-0.39, 0.29) is 0 Å². The molecule has 0 unspecified atom stereocenters. The number of nitrogens with zero attached hydrogens (tertiary/aromatic N) is 2. The van der Waals surface area contributed by atoms with Crippen molar-refractivity contribution in [2.24, 2.45) is 0 Å². The third-order valence-corrected chi connectivity index (χ3v) is 3.80. The molecule has 1 aromatic carbocycles. The molecule has 0 bridgehead atoms. The lowest BCUT2D eigenvalue weighted by atomic mass is 10.1. The first kappa shape index (κ1) is 19.9. The average molecular weight is 365 g/mol. The second-order valence-corrected chi connectivity index (χ2v) is 5.39. The minimum atomic E-state index is -0.403. The molecular formula is C18H27N3O5. The largest absolute Gasteiger partial charge is 0.493 e. The van der Waals surface area contributed by atoms with Crippen molar-refractivity contribution in [3.8, 4) is 28.5 Å². The normalized spacial score (nSPS) is 11.0. The van der Waals surface area contributed by atoms with E-state index in [1.807, 2.05) is 26.0 Å². The maximum absolute atomic E-state index is 6.12. The van der Waals surface area contributed by atoms with E-state index in [1.165, 1.54) is 0 Å². The summed E-state index contributed by atoms with van der Waals surface area (Å²) in [5, 5.41) is 4.57. The summed E-state index contributed by atoms with van der Waals surface area (Å²) in [6.45, 7) is 5.33. The second kappa shape index (κ2) is 9.30. The van der Waals surface area contributed by atoms with E-state index in [1.54, 1.807) is 32.1 Å². The van der Waals surface area contributed by atoms with Crippen LogP contribution in [0.1, 0.15) is 13.8 Å². The van der Waals surface area contributed by atoms with Crippen LogP contribution in [0.4, 0.5) is 5.82 Å². The Balaban J connectivity index is 2.35. The van der Waals surface area contributed by atoms with Gasteiger partial charge in [0.05, 0.1) is 33.6 Å². The van der Waals surface area contributed by atoms with Gasteiger partial charge in [-0.05, 0) is 26.0 Å². The maximum Gasteiger partial charge on any atom is 0.203 e. The summed E-state index contributed by atoms with van der Waals surface area (Å²) < 4.78 is 28.9. The average Bonchev–Trinajstić information content (AvgIpc) is 3.01. The van der Waals surface area contributed by atoms with Gasteiger partial charge in [0.2, 0.25) is 5.75 Å². The maximum atomic E-state index is 6.12. The van der Waals surface area contributed by atoms with Gasteiger partial charge in [0.15, 0.2) is 17.8 Å². The number of nitrogen functional groups attached to an aromatic ring is 1. The van der Waals surface area contributed by atoms with E-state index < -0.39 is 6.29 Å². The fourth-order valence-electron chi connectivity index (χ4n) is 2.61. The molecule has 1 heterocycles. The molecule has 0 atom stereocenters. The van der Waals surface area contributed by atoms with Gasteiger partial charge >= 0.3 is 0 Å². The number of methoxy groups -OCH3 is 3. The molecule has 8 heteroatoms. The van der Waals surface area contributed by atoms with E-state index in [2.05, 4.69) is 5.10 Å². The Labute approximate surface area is 153 Å². The number of rotatable bonds is 10. The molecule has 0 radical (unpaired) electrons. The molecule has 0 aliphatic heterocycles. The van der Waals surface area contributed by atoms with Crippen molar-refractivity contribution in [2.45, 2.75) is 26.7 Å². The van der Waals surface area contributed by atoms with Gasteiger partial charge in [0, 0.05) is 24.8 Å². The van der Waals surface area contributed by atoms with Crippen LogP contribution in [0.15, 0.2) is 18.2 Å². The van der Waals surface area contributed by atoms with Crippen LogP contribution in [0.2, 0.25) is 0 Å². The zero-order valence-electron chi connectivity index (χ0n) is 15.9. The van der Waals surface area contributed by atoms with Crippen molar-refractivity contribution < 1.29 is 23.7 Å². The van der Waals surface area contributed by atoms with Crippen molar-refractivity contribution in [1.29, 1.82) is 0 Å². The molecule has 2 aromatic rings. The van der Waals surface area contributed by atoms with Crippen molar-refractivity contribution in [3.05, 3.63) is 18.2 Å². The second-order valence-electron chi connectivity index (χ2n) is 5.39. The minimum Gasteiger partial charge on any atom is -0.493 e. The molecule has 0 aliphatic rings. The molecule has 1 aromatic heterocycles. The smallest absolute Gasteiger partial charge is 0.203 e. The minimum absolute atomic E-state index is 0.401. The predicted octanol–water partition coefficient (Wildman–Crippen LogP) is 2.56. The highest BCUT2D eigenvalue weighted by Gasteiger charge is 2.18. The van der Waals surface area contributed by atoms with Crippen LogP contribution in [0.5, 0.6) is 17.2 Å². The number of aromatic nitrogens is 2. The molecule has 0 aliphatic carbocycles. The fraction of sp³-hybridized carbons (Fsp3) is 0.500. The molecule has 26 heavy (non-hydrogen) atoms. The number of benzene rings is 1. The highest BCUT2D eigenvalue weighted by molar-refractivity contribution is 5.70. The summed E-state index contributed by atoms with van der Waals surface area (Å²) in [5.41, 5.74) is 7.61. The summed E-state index contributed by atoms with van der Waals surface area (Å²) in [4.78, 5) is 0. The molecule has 2 N–H and O–H groups in total. The third-order valence-electron chi connectivity index (χ3n) is 3.80. The van der Waals surface area contributed by atoms with Crippen LogP contribution in [0.25, 0.3) is 11.3 Å². The number of anilines is 1.